The average molecular weight is 381 g/mol. The Hall–Kier alpha value is -1.90. The fourth-order valence-electron chi connectivity index (χ4n) is 4.83. The van der Waals surface area contributed by atoms with Gasteiger partial charge in [-0.3, -0.25) is 0 Å². The van der Waals surface area contributed by atoms with Gasteiger partial charge in [-0.05, 0) is 32.1 Å². The van der Waals surface area contributed by atoms with Crippen LogP contribution in [-0.2, 0) is 4.74 Å². The van der Waals surface area contributed by atoms with Crippen molar-refractivity contribution in [2.75, 3.05) is 31.2 Å². The first kappa shape index (κ1) is 17.2. The molecule has 0 bridgehead atoms. The van der Waals surface area contributed by atoms with Crippen LogP contribution in [0.25, 0.3) is 11.2 Å². The van der Waals surface area contributed by atoms with Gasteiger partial charge in [0.25, 0.3) is 0 Å². The SMILES string of the molecule is FC(F)(F)C1CCN(c2ncnc3c2ncn3C2CC2)CC12CCOCC2. The molecule has 0 N–H and O–H groups in total. The fraction of sp³-hybridized carbons (Fsp3) is 0.722. The number of alkyl halides is 3. The Labute approximate surface area is 154 Å². The molecule has 27 heavy (non-hydrogen) atoms. The third-order valence-corrected chi connectivity index (χ3v) is 6.40. The Morgan fingerprint density at radius 1 is 1.07 bits per heavy atom. The maximum absolute atomic E-state index is 13.8. The van der Waals surface area contributed by atoms with Crippen LogP contribution in [-0.4, -0.2) is 52.0 Å². The van der Waals surface area contributed by atoms with Gasteiger partial charge in [0, 0.05) is 37.8 Å². The second-order valence-electron chi connectivity index (χ2n) is 8.03. The molecule has 1 atom stereocenters. The van der Waals surface area contributed by atoms with Crippen molar-refractivity contribution in [3.8, 4) is 0 Å². The van der Waals surface area contributed by atoms with Crippen LogP contribution >= 0.6 is 0 Å². The van der Waals surface area contributed by atoms with Crippen molar-refractivity contribution in [3.63, 3.8) is 0 Å². The number of halogens is 3. The molecule has 0 amide bonds. The van der Waals surface area contributed by atoms with Crippen molar-refractivity contribution < 1.29 is 17.9 Å². The summed E-state index contributed by atoms with van der Waals surface area (Å²) in [5, 5.41) is 0. The molecule has 1 unspecified atom stereocenters. The normalized spacial score (nSPS) is 26.0. The van der Waals surface area contributed by atoms with E-state index in [1.165, 1.54) is 6.33 Å². The van der Waals surface area contributed by atoms with E-state index >= 15 is 0 Å². The first-order valence-electron chi connectivity index (χ1n) is 9.55. The van der Waals surface area contributed by atoms with E-state index in [1.54, 1.807) is 6.33 Å². The van der Waals surface area contributed by atoms with Crippen LogP contribution in [0.2, 0.25) is 0 Å². The largest absolute Gasteiger partial charge is 0.392 e. The van der Waals surface area contributed by atoms with Gasteiger partial charge in [0.15, 0.2) is 17.0 Å². The number of hydrogen-bond donors (Lipinski definition) is 0. The summed E-state index contributed by atoms with van der Waals surface area (Å²) in [6, 6.07) is 0.440. The minimum Gasteiger partial charge on any atom is -0.381 e. The molecule has 4 heterocycles. The highest BCUT2D eigenvalue weighted by molar-refractivity contribution is 5.83. The maximum atomic E-state index is 13.8. The second-order valence-corrected chi connectivity index (χ2v) is 8.03. The van der Waals surface area contributed by atoms with E-state index in [-0.39, 0.29) is 6.42 Å². The van der Waals surface area contributed by atoms with Gasteiger partial charge in [0.1, 0.15) is 6.33 Å². The first-order chi connectivity index (χ1) is 13.0. The van der Waals surface area contributed by atoms with Crippen molar-refractivity contribution in [1.29, 1.82) is 0 Å². The van der Waals surface area contributed by atoms with Gasteiger partial charge in [-0.25, -0.2) is 15.0 Å². The average Bonchev–Trinajstić information content (AvgIpc) is 3.39. The molecule has 1 aliphatic carbocycles. The van der Waals surface area contributed by atoms with Gasteiger partial charge in [-0.1, -0.05) is 0 Å². The van der Waals surface area contributed by atoms with E-state index in [9.17, 15) is 13.2 Å². The minimum atomic E-state index is -4.18. The highest BCUT2D eigenvalue weighted by Gasteiger charge is 2.56. The molecular weight excluding hydrogens is 359 g/mol. The molecule has 146 valence electrons. The number of imidazole rings is 1. The number of ether oxygens (including phenoxy) is 1. The van der Waals surface area contributed by atoms with Crippen molar-refractivity contribution in [1.82, 2.24) is 19.5 Å². The van der Waals surface area contributed by atoms with E-state index in [4.69, 9.17) is 4.74 Å². The van der Waals surface area contributed by atoms with Crippen LogP contribution in [0.5, 0.6) is 0 Å². The number of hydrogen-bond acceptors (Lipinski definition) is 5. The highest BCUT2D eigenvalue weighted by atomic mass is 19.4. The van der Waals surface area contributed by atoms with Gasteiger partial charge >= 0.3 is 6.18 Å². The topological polar surface area (TPSA) is 56.1 Å². The van der Waals surface area contributed by atoms with Crippen molar-refractivity contribution in [2.24, 2.45) is 11.3 Å². The standard InChI is InChI=1S/C18H22F3N5O/c19-18(20,21)13-3-6-25(9-17(13)4-7-27-8-5-17)15-14-16(23-10-22-15)26(11-24-14)12-1-2-12/h10-13H,1-9H2. The van der Waals surface area contributed by atoms with Gasteiger partial charge in [0.2, 0.25) is 0 Å². The van der Waals surface area contributed by atoms with Crippen molar-refractivity contribution in [2.45, 2.75) is 44.3 Å². The molecule has 1 saturated carbocycles. The summed E-state index contributed by atoms with van der Waals surface area (Å²) in [6.07, 6.45) is 2.28. The first-order valence-corrected chi connectivity index (χ1v) is 9.55. The molecule has 9 heteroatoms. The van der Waals surface area contributed by atoms with E-state index in [2.05, 4.69) is 19.5 Å². The lowest BCUT2D eigenvalue weighted by Gasteiger charge is -2.50. The van der Waals surface area contributed by atoms with Gasteiger partial charge in [-0.2, -0.15) is 13.2 Å². The van der Waals surface area contributed by atoms with E-state index in [0.29, 0.717) is 56.5 Å². The molecule has 2 aliphatic heterocycles. The summed E-state index contributed by atoms with van der Waals surface area (Å²) in [6.45, 7) is 1.43. The number of anilines is 1. The number of aromatic nitrogens is 4. The molecule has 0 radical (unpaired) electrons. The third-order valence-electron chi connectivity index (χ3n) is 6.40. The molecule has 3 fully saturated rings. The van der Waals surface area contributed by atoms with Crippen LogP contribution in [0.3, 0.4) is 0 Å². The van der Waals surface area contributed by atoms with Crippen LogP contribution in [0.4, 0.5) is 19.0 Å². The molecule has 1 spiro atoms. The van der Waals surface area contributed by atoms with Crippen molar-refractivity contribution >= 4 is 17.0 Å². The lowest BCUT2D eigenvalue weighted by molar-refractivity contribution is -0.223. The monoisotopic (exact) mass is 381 g/mol. The highest BCUT2D eigenvalue weighted by Crippen LogP contribution is 2.51. The molecule has 2 saturated heterocycles. The maximum Gasteiger partial charge on any atom is 0.392 e. The zero-order valence-electron chi connectivity index (χ0n) is 15.0. The lowest BCUT2D eigenvalue weighted by Crippen LogP contribution is -2.55. The van der Waals surface area contributed by atoms with Crippen LogP contribution in [0, 0.1) is 11.3 Å². The molecule has 2 aromatic rings. The number of piperidine rings is 1. The van der Waals surface area contributed by atoms with Crippen LogP contribution in [0.15, 0.2) is 12.7 Å². The Balaban J connectivity index is 1.50. The van der Waals surface area contributed by atoms with E-state index in [0.717, 1.165) is 18.5 Å². The Morgan fingerprint density at radius 3 is 2.56 bits per heavy atom. The summed E-state index contributed by atoms with van der Waals surface area (Å²) in [5.74, 6) is -0.627. The smallest absolute Gasteiger partial charge is 0.381 e. The van der Waals surface area contributed by atoms with E-state index in [1.807, 2.05) is 4.90 Å². The third kappa shape index (κ3) is 2.86. The zero-order valence-corrected chi connectivity index (χ0v) is 15.0. The van der Waals surface area contributed by atoms with Gasteiger partial charge < -0.3 is 14.2 Å². The molecule has 2 aromatic heterocycles. The molecule has 0 aromatic carbocycles. The summed E-state index contributed by atoms with van der Waals surface area (Å²) in [4.78, 5) is 15.3. The molecule has 3 aliphatic rings. The Bertz CT molecular complexity index is 841. The van der Waals surface area contributed by atoms with Gasteiger partial charge in [0.05, 0.1) is 12.2 Å². The predicted molar refractivity (Wildman–Crippen MR) is 92.5 cm³/mol. The minimum absolute atomic E-state index is 0.0817. The van der Waals surface area contributed by atoms with Crippen molar-refractivity contribution in [3.05, 3.63) is 12.7 Å². The Morgan fingerprint density at radius 2 is 1.85 bits per heavy atom. The molecule has 6 nitrogen and oxygen atoms in total. The number of fused-ring (bicyclic) bond motifs is 1. The van der Waals surface area contributed by atoms with E-state index < -0.39 is 17.5 Å². The number of rotatable bonds is 2. The predicted octanol–water partition coefficient (Wildman–Crippen LogP) is 3.35. The second kappa shape index (κ2) is 6.05. The quantitative estimate of drug-likeness (QED) is 0.799. The summed E-state index contributed by atoms with van der Waals surface area (Å²) < 4.78 is 48.7. The fourth-order valence-corrected chi connectivity index (χ4v) is 4.83. The zero-order chi connectivity index (χ0) is 18.6. The Kier molecular flexibility index (Phi) is 3.86. The molecule has 5 rings (SSSR count). The molecular formula is C18H22F3N5O. The summed E-state index contributed by atoms with van der Waals surface area (Å²) in [5.41, 5.74) is 0.656. The summed E-state index contributed by atoms with van der Waals surface area (Å²) in [7, 11) is 0. The summed E-state index contributed by atoms with van der Waals surface area (Å²) >= 11 is 0. The van der Waals surface area contributed by atoms with Crippen LogP contribution < -0.4 is 4.90 Å². The van der Waals surface area contributed by atoms with Crippen LogP contribution in [0.1, 0.15) is 38.1 Å². The lowest BCUT2D eigenvalue weighted by atomic mass is 9.65. The number of nitrogens with zero attached hydrogens (tertiary/aromatic N) is 5. The van der Waals surface area contributed by atoms with Gasteiger partial charge in [-0.15, -0.1) is 0 Å².